The van der Waals surface area contributed by atoms with Crippen LogP contribution in [-0.4, -0.2) is 19.9 Å². The van der Waals surface area contributed by atoms with E-state index in [1.165, 1.54) is 54.2 Å². The minimum Gasteiger partial charge on any atom is -0.228 e. The van der Waals surface area contributed by atoms with Crippen molar-refractivity contribution in [1.82, 2.24) is 19.9 Å². The van der Waals surface area contributed by atoms with E-state index in [1.807, 2.05) is 0 Å². The predicted molar refractivity (Wildman–Crippen MR) is 353 cm³/mol. The maximum Gasteiger partial charge on any atom is 0.160 e. The summed E-state index contributed by atoms with van der Waals surface area (Å²) in [7, 11) is 0. The van der Waals surface area contributed by atoms with Crippen LogP contribution in [-0.2, 0) is 5.41 Å². The topological polar surface area (TPSA) is 51.6 Å². The van der Waals surface area contributed by atoms with Gasteiger partial charge in [-0.05, 0) is 147 Å². The Hall–Kier alpha value is -11.2. The molecule has 85 heavy (non-hydrogen) atoms. The minimum atomic E-state index is -0.744. The highest BCUT2D eigenvalue weighted by Crippen LogP contribution is 2.57. The summed E-state index contributed by atoms with van der Waals surface area (Å²) >= 11 is 0. The maximum atomic E-state index is 5.59. The summed E-state index contributed by atoms with van der Waals surface area (Å²) < 4.78 is 0. The highest BCUT2D eigenvalue weighted by molar-refractivity contribution is 6.15. The van der Waals surface area contributed by atoms with Crippen LogP contribution in [0, 0.1) is 0 Å². The Morgan fingerprint density at radius 2 is 0.576 bits per heavy atom. The molecule has 0 radical (unpaired) electrons. The van der Waals surface area contributed by atoms with Crippen LogP contribution in [0.4, 0.5) is 0 Å². The normalized spacial score (nSPS) is 12.6. The van der Waals surface area contributed by atoms with Crippen molar-refractivity contribution in [1.29, 1.82) is 0 Å². The van der Waals surface area contributed by atoms with E-state index >= 15 is 0 Å². The average molecular weight is 1080 g/mol. The molecule has 0 saturated heterocycles. The number of nitrogens with zero attached hydrogens (tertiary/aromatic N) is 4. The standard InChI is InChI=1S/C81H50N4/c1-3-27-59(28-4-1)81(60-29-5-2-6-30-60)73-49-57(79-82-75-39-17-15-37-69(75)77(84-79)55-25-19-23-51(45-55)71-47-53-21-7-9-31-61(53)63-33-11-13-35-65(63)71)41-43-67(73)68-44-42-58(50-74(68)81)80-83-76-40-18-16-38-70(76)78(85-80)56-26-20-24-52(46-56)72-48-54-22-8-10-32-62(54)64-34-12-14-36-66(64)72/h1-50H. The molecule has 0 fully saturated rings. The first-order valence-corrected chi connectivity index (χ1v) is 29.1. The fraction of sp³-hybridized carbons (Fsp3) is 0.0123. The Labute approximate surface area is 491 Å². The molecular formula is C81H50N4. The van der Waals surface area contributed by atoms with Gasteiger partial charge >= 0.3 is 0 Å². The summed E-state index contributed by atoms with van der Waals surface area (Å²) in [5, 5.41) is 11.9. The van der Waals surface area contributed by atoms with Crippen LogP contribution in [0.15, 0.2) is 303 Å². The van der Waals surface area contributed by atoms with Crippen molar-refractivity contribution in [3.8, 4) is 78.7 Å². The van der Waals surface area contributed by atoms with E-state index < -0.39 is 5.41 Å². The number of para-hydroxylation sites is 2. The third kappa shape index (κ3) is 7.76. The maximum absolute atomic E-state index is 5.59. The van der Waals surface area contributed by atoms with Gasteiger partial charge in [0.2, 0.25) is 0 Å². The van der Waals surface area contributed by atoms with Crippen molar-refractivity contribution in [3.63, 3.8) is 0 Å². The molecule has 0 unspecified atom stereocenters. The molecule has 0 aliphatic heterocycles. The van der Waals surface area contributed by atoms with Gasteiger partial charge < -0.3 is 0 Å². The smallest absolute Gasteiger partial charge is 0.160 e. The van der Waals surface area contributed by atoms with E-state index in [0.717, 1.165) is 100.0 Å². The average Bonchev–Trinajstić information content (AvgIpc) is 2.32. The molecule has 17 rings (SSSR count). The van der Waals surface area contributed by atoms with Crippen molar-refractivity contribution in [3.05, 3.63) is 326 Å². The van der Waals surface area contributed by atoms with Crippen LogP contribution >= 0.6 is 0 Å². The number of aromatic nitrogens is 4. The molecule has 4 heteroatoms. The molecule has 1 aliphatic carbocycles. The van der Waals surface area contributed by atoms with Gasteiger partial charge in [-0.1, -0.05) is 255 Å². The van der Waals surface area contributed by atoms with Crippen molar-refractivity contribution in [2.24, 2.45) is 0 Å². The third-order valence-corrected chi connectivity index (χ3v) is 17.7. The van der Waals surface area contributed by atoms with E-state index in [0.29, 0.717) is 11.6 Å². The van der Waals surface area contributed by atoms with Crippen LogP contribution in [0.1, 0.15) is 22.3 Å². The lowest BCUT2D eigenvalue weighted by Gasteiger charge is -2.34. The van der Waals surface area contributed by atoms with Crippen molar-refractivity contribution in [2.75, 3.05) is 0 Å². The summed E-state index contributed by atoms with van der Waals surface area (Å²) in [6.45, 7) is 0. The van der Waals surface area contributed by atoms with Crippen LogP contribution in [0.5, 0.6) is 0 Å². The molecule has 0 spiro atoms. The lowest BCUT2D eigenvalue weighted by molar-refractivity contribution is 0.768. The fourth-order valence-electron chi connectivity index (χ4n) is 13.9. The second kappa shape index (κ2) is 19.5. The summed E-state index contributed by atoms with van der Waals surface area (Å²) in [4.78, 5) is 22.0. The van der Waals surface area contributed by atoms with Crippen LogP contribution < -0.4 is 0 Å². The van der Waals surface area contributed by atoms with Crippen molar-refractivity contribution < 1.29 is 0 Å². The number of fused-ring (bicyclic) bond motifs is 11. The first-order chi connectivity index (χ1) is 42.1. The Kier molecular flexibility index (Phi) is 11.1. The molecule has 14 aromatic carbocycles. The molecule has 16 aromatic rings. The predicted octanol–water partition coefficient (Wildman–Crippen LogP) is 20.6. The van der Waals surface area contributed by atoms with Gasteiger partial charge in [0.15, 0.2) is 11.6 Å². The van der Waals surface area contributed by atoms with Crippen molar-refractivity contribution >= 4 is 64.9 Å². The summed E-state index contributed by atoms with van der Waals surface area (Å²) in [5.41, 5.74) is 18.4. The van der Waals surface area contributed by atoms with Gasteiger partial charge in [0, 0.05) is 33.0 Å². The summed E-state index contributed by atoms with van der Waals surface area (Å²) in [6.07, 6.45) is 0. The molecule has 1 aliphatic rings. The zero-order chi connectivity index (χ0) is 56.0. The van der Waals surface area contributed by atoms with E-state index in [-0.39, 0.29) is 0 Å². The van der Waals surface area contributed by atoms with Gasteiger partial charge in [-0.2, -0.15) is 0 Å². The molecule has 2 aromatic heterocycles. The van der Waals surface area contributed by atoms with E-state index in [1.54, 1.807) is 0 Å². The quantitative estimate of drug-likeness (QED) is 0.142. The Bertz CT molecular complexity index is 5040. The number of benzene rings is 14. The second-order valence-corrected chi connectivity index (χ2v) is 22.4. The van der Waals surface area contributed by atoms with Gasteiger partial charge in [0.05, 0.1) is 27.8 Å². The Morgan fingerprint density at radius 3 is 1.02 bits per heavy atom. The molecule has 0 saturated carbocycles. The number of rotatable bonds is 8. The lowest BCUT2D eigenvalue weighted by Crippen LogP contribution is -2.28. The monoisotopic (exact) mass is 1080 g/mol. The van der Waals surface area contributed by atoms with Crippen LogP contribution in [0.3, 0.4) is 0 Å². The minimum absolute atomic E-state index is 0.666. The SMILES string of the molecule is c1ccc(C2(c3ccccc3)c3cc(-c4nc(-c5cccc(-c6cc7ccccc7c7ccccc67)c5)c5ccccc5n4)ccc3-c3ccc(-c4nc(-c5cccc(-c6cc7ccccc7c7ccccc67)c5)c5ccccc5n4)cc32)cc1. The van der Waals surface area contributed by atoms with Gasteiger partial charge in [-0.15, -0.1) is 0 Å². The molecule has 394 valence electrons. The molecule has 0 N–H and O–H groups in total. The Balaban J connectivity index is 0.824. The fourth-order valence-corrected chi connectivity index (χ4v) is 13.9. The molecule has 0 bridgehead atoms. The molecule has 0 amide bonds. The summed E-state index contributed by atoms with van der Waals surface area (Å²) in [5.74, 6) is 1.33. The zero-order valence-electron chi connectivity index (χ0n) is 46.2. The first kappa shape index (κ1) is 48.5. The highest BCUT2D eigenvalue weighted by atomic mass is 14.9. The van der Waals surface area contributed by atoms with Crippen LogP contribution in [0.25, 0.3) is 144 Å². The first-order valence-electron chi connectivity index (χ1n) is 29.1. The van der Waals surface area contributed by atoms with E-state index in [2.05, 4.69) is 303 Å². The van der Waals surface area contributed by atoms with Gasteiger partial charge in [-0.25, -0.2) is 19.9 Å². The molecule has 0 atom stereocenters. The largest absolute Gasteiger partial charge is 0.228 e. The van der Waals surface area contributed by atoms with Crippen molar-refractivity contribution in [2.45, 2.75) is 5.41 Å². The van der Waals surface area contributed by atoms with E-state index in [4.69, 9.17) is 19.9 Å². The third-order valence-electron chi connectivity index (χ3n) is 17.7. The zero-order valence-corrected chi connectivity index (χ0v) is 46.2. The lowest BCUT2D eigenvalue weighted by atomic mass is 9.67. The number of hydrogen-bond donors (Lipinski definition) is 0. The van der Waals surface area contributed by atoms with Gasteiger partial charge in [0.1, 0.15) is 0 Å². The van der Waals surface area contributed by atoms with Crippen LogP contribution in [0.2, 0.25) is 0 Å². The molecular weight excluding hydrogens is 1030 g/mol. The van der Waals surface area contributed by atoms with Gasteiger partial charge in [0.25, 0.3) is 0 Å². The number of hydrogen-bond acceptors (Lipinski definition) is 4. The van der Waals surface area contributed by atoms with E-state index in [9.17, 15) is 0 Å². The highest BCUT2D eigenvalue weighted by Gasteiger charge is 2.46. The molecule has 4 nitrogen and oxygen atoms in total. The Morgan fingerprint density at radius 1 is 0.212 bits per heavy atom. The second-order valence-electron chi connectivity index (χ2n) is 22.4. The van der Waals surface area contributed by atoms with Gasteiger partial charge in [-0.3, -0.25) is 0 Å². The molecule has 2 heterocycles. The summed E-state index contributed by atoms with van der Waals surface area (Å²) in [6, 6.07) is 110.